The first-order valence-corrected chi connectivity index (χ1v) is 5.27. The summed E-state index contributed by atoms with van der Waals surface area (Å²) in [7, 11) is 0. The van der Waals surface area contributed by atoms with Gasteiger partial charge in [0.25, 0.3) is 0 Å². The summed E-state index contributed by atoms with van der Waals surface area (Å²) in [4.78, 5) is 0. The molecule has 0 aliphatic carbocycles. The average Bonchev–Trinajstić information content (AvgIpc) is 2.16. The van der Waals surface area contributed by atoms with E-state index in [1.165, 1.54) is 11.1 Å². The van der Waals surface area contributed by atoms with E-state index in [1.54, 1.807) is 0 Å². The lowest BCUT2D eigenvalue weighted by molar-refractivity contribution is 0.102. The van der Waals surface area contributed by atoms with Crippen molar-refractivity contribution in [3.05, 3.63) is 35.4 Å². The molecule has 0 fully saturated rings. The largest absolute Gasteiger partial charge is 0.392 e. The third kappa shape index (κ3) is 2.36. The normalized spacial score (nSPS) is 15.6. The van der Waals surface area contributed by atoms with Crippen LogP contribution >= 0.6 is 0 Å². The van der Waals surface area contributed by atoms with Gasteiger partial charge in [0.15, 0.2) is 0 Å². The molecule has 78 valence electrons. The Morgan fingerprint density at radius 1 is 1.07 bits per heavy atom. The van der Waals surface area contributed by atoms with E-state index in [0.717, 1.165) is 0 Å². The summed E-state index contributed by atoms with van der Waals surface area (Å²) in [5, 5.41) is 9.97. The van der Waals surface area contributed by atoms with Crippen LogP contribution < -0.4 is 0 Å². The Labute approximate surface area is 86.8 Å². The molecule has 0 spiro atoms. The third-order valence-electron chi connectivity index (χ3n) is 2.87. The minimum absolute atomic E-state index is 0.219. The molecule has 1 N–H and O–H groups in total. The maximum atomic E-state index is 9.97. The molecule has 0 aromatic heterocycles. The lowest BCUT2D eigenvalue weighted by Crippen LogP contribution is -2.22. The summed E-state index contributed by atoms with van der Waals surface area (Å²) in [6.45, 7) is 8.30. The van der Waals surface area contributed by atoms with Crippen LogP contribution in [0.5, 0.6) is 0 Å². The van der Waals surface area contributed by atoms with Crippen LogP contribution in [0.2, 0.25) is 0 Å². The lowest BCUT2D eigenvalue weighted by atomic mass is 9.87. The Bertz CT molecular complexity index is 291. The van der Waals surface area contributed by atoms with Crippen LogP contribution in [0.4, 0.5) is 0 Å². The van der Waals surface area contributed by atoms with Crippen molar-refractivity contribution in [3.8, 4) is 0 Å². The fourth-order valence-electron chi connectivity index (χ4n) is 1.86. The number of aryl methyl sites for hydroxylation is 1. The van der Waals surface area contributed by atoms with Gasteiger partial charge in [0, 0.05) is 5.92 Å². The van der Waals surface area contributed by atoms with Crippen LogP contribution in [0.3, 0.4) is 0 Å². The minimum atomic E-state index is -0.254. The number of hydrogen-bond acceptors (Lipinski definition) is 1. The molecule has 1 rings (SSSR count). The van der Waals surface area contributed by atoms with Crippen molar-refractivity contribution in [2.75, 3.05) is 0 Å². The summed E-state index contributed by atoms with van der Waals surface area (Å²) in [5.74, 6) is 0.529. The molecule has 0 radical (unpaired) electrons. The Morgan fingerprint density at radius 3 is 2.14 bits per heavy atom. The lowest BCUT2D eigenvalue weighted by Gasteiger charge is -2.23. The molecule has 0 aliphatic heterocycles. The third-order valence-corrected chi connectivity index (χ3v) is 2.87. The SMILES string of the molecule is Cc1ccccc1[C@H](C)[C@@H](O)C(C)C. The van der Waals surface area contributed by atoms with Gasteiger partial charge >= 0.3 is 0 Å². The highest BCUT2D eigenvalue weighted by Crippen LogP contribution is 2.25. The predicted octanol–water partition coefficient (Wildman–Crippen LogP) is 3.12. The van der Waals surface area contributed by atoms with Crippen molar-refractivity contribution in [1.29, 1.82) is 0 Å². The highest BCUT2D eigenvalue weighted by molar-refractivity contribution is 5.29. The maximum Gasteiger partial charge on any atom is 0.0629 e. The Kier molecular flexibility index (Phi) is 3.70. The fourth-order valence-corrected chi connectivity index (χ4v) is 1.86. The first kappa shape index (κ1) is 11.3. The van der Waals surface area contributed by atoms with Gasteiger partial charge in [-0.3, -0.25) is 0 Å². The number of aliphatic hydroxyl groups excluding tert-OH is 1. The molecule has 1 aromatic rings. The molecule has 1 heteroatoms. The van der Waals surface area contributed by atoms with E-state index in [4.69, 9.17) is 0 Å². The van der Waals surface area contributed by atoms with Gasteiger partial charge in [-0.15, -0.1) is 0 Å². The van der Waals surface area contributed by atoms with Gasteiger partial charge in [-0.25, -0.2) is 0 Å². The number of aliphatic hydroxyl groups is 1. The molecule has 1 aromatic carbocycles. The molecule has 0 saturated carbocycles. The molecular formula is C13H20O. The zero-order valence-electron chi connectivity index (χ0n) is 9.49. The standard InChI is InChI=1S/C13H20O/c1-9(2)13(14)11(4)12-8-6-5-7-10(12)3/h5-9,11,13-14H,1-4H3/t11-,13-/m0/s1. The van der Waals surface area contributed by atoms with E-state index in [2.05, 4.69) is 39.8 Å². The van der Waals surface area contributed by atoms with Crippen molar-refractivity contribution in [2.24, 2.45) is 5.92 Å². The summed E-state index contributed by atoms with van der Waals surface area (Å²) >= 11 is 0. The van der Waals surface area contributed by atoms with Gasteiger partial charge in [0.2, 0.25) is 0 Å². The molecule has 14 heavy (non-hydrogen) atoms. The predicted molar refractivity (Wildman–Crippen MR) is 60.4 cm³/mol. The van der Waals surface area contributed by atoms with Gasteiger partial charge in [-0.05, 0) is 24.0 Å². The first-order valence-electron chi connectivity index (χ1n) is 5.27. The van der Waals surface area contributed by atoms with E-state index in [9.17, 15) is 5.11 Å². The monoisotopic (exact) mass is 192 g/mol. The van der Waals surface area contributed by atoms with Gasteiger partial charge < -0.3 is 5.11 Å². The topological polar surface area (TPSA) is 20.2 Å². The Balaban J connectivity index is 2.89. The molecule has 0 saturated heterocycles. The van der Waals surface area contributed by atoms with E-state index in [1.807, 2.05) is 12.1 Å². The molecular weight excluding hydrogens is 172 g/mol. The van der Waals surface area contributed by atoms with E-state index in [0.29, 0.717) is 5.92 Å². The van der Waals surface area contributed by atoms with Gasteiger partial charge in [0.05, 0.1) is 6.10 Å². The Hall–Kier alpha value is -0.820. The van der Waals surface area contributed by atoms with Crippen LogP contribution in [-0.2, 0) is 0 Å². The average molecular weight is 192 g/mol. The van der Waals surface area contributed by atoms with Crippen LogP contribution in [0.15, 0.2) is 24.3 Å². The highest BCUT2D eigenvalue weighted by atomic mass is 16.3. The number of hydrogen-bond donors (Lipinski definition) is 1. The first-order chi connectivity index (χ1) is 6.54. The quantitative estimate of drug-likeness (QED) is 0.780. The van der Waals surface area contributed by atoms with Crippen molar-refractivity contribution in [1.82, 2.24) is 0 Å². The fraction of sp³-hybridized carbons (Fsp3) is 0.538. The van der Waals surface area contributed by atoms with Crippen molar-refractivity contribution in [2.45, 2.75) is 39.7 Å². The van der Waals surface area contributed by atoms with Crippen LogP contribution in [0, 0.1) is 12.8 Å². The van der Waals surface area contributed by atoms with Crippen molar-refractivity contribution >= 4 is 0 Å². The van der Waals surface area contributed by atoms with Crippen molar-refractivity contribution in [3.63, 3.8) is 0 Å². The molecule has 2 atom stereocenters. The molecule has 0 aliphatic rings. The second-order valence-electron chi connectivity index (χ2n) is 4.38. The zero-order chi connectivity index (χ0) is 10.7. The molecule has 0 unspecified atom stereocenters. The summed E-state index contributed by atoms with van der Waals surface area (Å²) in [6, 6.07) is 8.27. The van der Waals surface area contributed by atoms with Crippen molar-refractivity contribution < 1.29 is 5.11 Å². The summed E-state index contributed by atoms with van der Waals surface area (Å²) in [5.41, 5.74) is 2.52. The number of benzene rings is 1. The van der Waals surface area contributed by atoms with Crippen LogP contribution in [0.25, 0.3) is 0 Å². The second-order valence-corrected chi connectivity index (χ2v) is 4.38. The van der Waals surface area contributed by atoms with Gasteiger partial charge in [-0.2, -0.15) is 0 Å². The zero-order valence-corrected chi connectivity index (χ0v) is 9.49. The second kappa shape index (κ2) is 4.61. The Morgan fingerprint density at radius 2 is 1.64 bits per heavy atom. The summed E-state index contributed by atoms with van der Waals surface area (Å²) < 4.78 is 0. The van der Waals surface area contributed by atoms with Crippen LogP contribution in [-0.4, -0.2) is 11.2 Å². The molecule has 0 heterocycles. The van der Waals surface area contributed by atoms with E-state index < -0.39 is 0 Å². The van der Waals surface area contributed by atoms with Gasteiger partial charge in [-0.1, -0.05) is 45.0 Å². The van der Waals surface area contributed by atoms with E-state index in [-0.39, 0.29) is 12.0 Å². The molecule has 0 bridgehead atoms. The maximum absolute atomic E-state index is 9.97. The number of rotatable bonds is 3. The van der Waals surface area contributed by atoms with Gasteiger partial charge in [0.1, 0.15) is 0 Å². The van der Waals surface area contributed by atoms with E-state index >= 15 is 0 Å². The minimum Gasteiger partial charge on any atom is -0.392 e. The smallest absolute Gasteiger partial charge is 0.0629 e. The molecule has 1 nitrogen and oxygen atoms in total. The van der Waals surface area contributed by atoms with Crippen LogP contribution in [0.1, 0.15) is 37.8 Å². The summed E-state index contributed by atoms with van der Waals surface area (Å²) in [6.07, 6.45) is -0.254. The molecule has 0 amide bonds. The highest BCUT2D eigenvalue weighted by Gasteiger charge is 2.20.